The van der Waals surface area contributed by atoms with E-state index in [0.717, 1.165) is 16.7 Å². The van der Waals surface area contributed by atoms with Crippen LogP contribution in [0.5, 0.6) is 0 Å². The molecule has 4 nitrogen and oxygen atoms in total. The molecule has 0 fully saturated rings. The highest BCUT2D eigenvalue weighted by molar-refractivity contribution is 5.89. The standard InChI is InChI=1S/C28H31FN2O2/c1-20(2)30-28(33)26(17-22-9-5-4-6-10-22)31(19-23-15-13-21(3)14-16-23)27(32)18-24-11-7-8-12-25(24)29/h4-16,20,26H,17-19H2,1-3H3,(H,30,33). The van der Waals surface area contributed by atoms with Gasteiger partial charge < -0.3 is 10.2 Å². The van der Waals surface area contributed by atoms with Gasteiger partial charge in [-0.2, -0.15) is 0 Å². The molecule has 0 aromatic heterocycles. The summed E-state index contributed by atoms with van der Waals surface area (Å²) in [7, 11) is 0. The molecule has 0 aliphatic heterocycles. The molecule has 0 bridgehead atoms. The summed E-state index contributed by atoms with van der Waals surface area (Å²) in [5, 5.41) is 2.96. The van der Waals surface area contributed by atoms with Crippen LogP contribution < -0.4 is 5.32 Å². The Labute approximate surface area is 195 Å². The number of aryl methyl sites for hydroxylation is 1. The molecular formula is C28H31FN2O2. The summed E-state index contributed by atoms with van der Waals surface area (Å²) in [4.78, 5) is 28.4. The largest absolute Gasteiger partial charge is 0.352 e. The molecule has 172 valence electrons. The molecule has 0 radical (unpaired) electrons. The van der Waals surface area contributed by atoms with Crippen LogP contribution in [0.25, 0.3) is 0 Å². The zero-order valence-electron chi connectivity index (χ0n) is 19.4. The van der Waals surface area contributed by atoms with E-state index in [9.17, 15) is 14.0 Å². The van der Waals surface area contributed by atoms with Gasteiger partial charge in [0.1, 0.15) is 11.9 Å². The predicted octanol–water partition coefficient (Wildman–Crippen LogP) is 4.84. The van der Waals surface area contributed by atoms with Gasteiger partial charge in [-0.05, 0) is 43.5 Å². The van der Waals surface area contributed by atoms with Gasteiger partial charge in [0, 0.05) is 19.0 Å². The lowest BCUT2D eigenvalue weighted by molar-refractivity contribution is -0.141. The Balaban J connectivity index is 1.97. The Morgan fingerprint density at radius 3 is 2.15 bits per heavy atom. The summed E-state index contributed by atoms with van der Waals surface area (Å²) in [6.07, 6.45) is 0.257. The second-order valence-electron chi connectivity index (χ2n) is 8.64. The molecule has 1 N–H and O–H groups in total. The lowest BCUT2D eigenvalue weighted by Gasteiger charge is -2.32. The van der Waals surface area contributed by atoms with Crippen LogP contribution in [0.4, 0.5) is 4.39 Å². The van der Waals surface area contributed by atoms with Crippen molar-refractivity contribution in [3.05, 3.63) is 107 Å². The Morgan fingerprint density at radius 1 is 0.879 bits per heavy atom. The molecule has 1 atom stereocenters. The molecule has 0 saturated carbocycles. The number of nitrogens with one attached hydrogen (secondary N) is 1. The molecule has 3 aromatic rings. The van der Waals surface area contributed by atoms with E-state index >= 15 is 0 Å². The van der Waals surface area contributed by atoms with Gasteiger partial charge in [-0.1, -0.05) is 78.4 Å². The Bertz CT molecular complexity index is 1060. The van der Waals surface area contributed by atoms with Crippen LogP contribution in [0.15, 0.2) is 78.9 Å². The average Bonchev–Trinajstić information content (AvgIpc) is 2.79. The van der Waals surface area contributed by atoms with Crippen LogP contribution in [0, 0.1) is 12.7 Å². The summed E-state index contributed by atoms with van der Waals surface area (Å²) in [5.74, 6) is -0.935. The van der Waals surface area contributed by atoms with Gasteiger partial charge in [-0.15, -0.1) is 0 Å². The van der Waals surface area contributed by atoms with Crippen LogP contribution in [0.3, 0.4) is 0 Å². The second-order valence-corrected chi connectivity index (χ2v) is 8.64. The minimum atomic E-state index is -0.727. The number of rotatable bonds is 9. The molecule has 0 aliphatic rings. The van der Waals surface area contributed by atoms with Crippen molar-refractivity contribution in [2.24, 2.45) is 0 Å². The van der Waals surface area contributed by atoms with Gasteiger partial charge in [0.05, 0.1) is 6.42 Å². The maximum absolute atomic E-state index is 14.3. The fourth-order valence-corrected chi connectivity index (χ4v) is 3.73. The molecule has 0 spiro atoms. The fraction of sp³-hybridized carbons (Fsp3) is 0.286. The van der Waals surface area contributed by atoms with E-state index in [-0.39, 0.29) is 30.8 Å². The summed E-state index contributed by atoms with van der Waals surface area (Å²) >= 11 is 0. The van der Waals surface area contributed by atoms with E-state index in [2.05, 4.69) is 5.32 Å². The molecule has 0 aliphatic carbocycles. The number of carbonyl (C=O) groups excluding carboxylic acids is 2. The smallest absolute Gasteiger partial charge is 0.243 e. The number of halogens is 1. The van der Waals surface area contributed by atoms with Crippen LogP contribution in [-0.2, 0) is 29.0 Å². The molecule has 33 heavy (non-hydrogen) atoms. The van der Waals surface area contributed by atoms with Crippen LogP contribution in [-0.4, -0.2) is 28.8 Å². The van der Waals surface area contributed by atoms with Gasteiger partial charge in [-0.3, -0.25) is 9.59 Å². The van der Waals surface area contributed by atoms with E-state index in [4.69, 9.17) is 0 Å². The monoisotopic (exact) mass is 446 g/mol. The molecule has 3 rings (SSSR count). The van der Waals surface area contributed by atoms with Crippen molar-refractivity contribution >= 4 is 11.8 Å². The average molecular weight is 447 g/mol. The van der Waals surface area contributed by atoms with Gasteiger partial charge in [0.25, 0.3) is 0 Å². The summed E-state index contributed by atoms with van der Waals surface area (Å²) in [5.41, 5.74) is 3.30. The highest BCUT2D eigenvalue weighted by Crippen LogP contribution is 2.18. The van der Waals surface area contributed by atoms with Gasteiger partial charge >= 0.3 is 0 Å². The third-order valence-electron chi connectivity index (χ3n) is 5.48. The highest BCUT2D eigenvalue weighted by Gasteiger charge is 2.31. The minimum Gasteiger partial charge on any atom is -0.352 e. The van der Waals surface area contributed by atoms with Gasteiger partial charge in [0.2, 0.25) is 11.8 Å². The van der Waals surface area contributed by atoms with E-state index < -0.39 is 11.9 Å². The maximum atomic E-state index is 14.3. The van der Waals surface area contributed by atoms with Crippen LogP contribution >= 0.6 is 0 Å². The number of benzene rings is 3. The lowest BCUT2D eigenvalue weighted by Crippen LogP contribution is -2.52. The van der Waals surface area contributed by atoms with Crippen LogP contribution in [0.2, 0.25) is 0 Å². The van der Waals surface area contributed by atoms with Crippen LogP contribution in [0.1, 0.15) is 36.1 Å². The molecular weight excluding hydrogens is 415 g/mol. The number of hydrogen-bond donors (Lipinski definition) is 1. The normalized spacial score (nSPS) is 11.8. The first-order chi connectivity index (χ1) is 15.8. The lowest BCUT2D eigenvalue weighted by atomic mass is 10.0. The van der Waals surface area contributed by atoms with Gasteiger partial charge in [-0.25, -0.2) is 4.39 Å². The quantitative estimate of drug-likeness (QED) is 0.511. The molecule has 3 aromatic carbocycles. The van der Waals surface area contributed by atoms with E-state index in [1.807, 2.05) is 75.4 Å². The number of nitrogens with zero attached hydrogens (tertiary/aromatic N) is 1. The van der Waals surface area contributed by atoms with Crippen molar-refractivity contribution in [3.63, 3.8) is 0 Å². The summed E-state index contributed by atoms with van der Waals surface area (Å²) in [6, 6.07) is 23.0. The Kier molecular flexibility index (Phi) is 8.36. The first-order valence-corrected chi connectivity index (χ1v) is 11.3. The highest BCUT2D eigenvalue weighted by atomic mass is 19.1. The minimum absolute atomic E-state index is 0.0707. The van der Waals surface area contributed by atoms with Crippen molar-refractivity contribution in [2.45, 2.75) is 52.2 Å². The molecule has 5 heteroatoms. The first-order valence-electron chi connectivity index (χ1n) is 11.3. The SMILES string of the molecule is Cc1ccc(CN(C(=O)Cc2ccccc2F)C(Cc2ccccc2)C(=O)NC(C)C)cc1. The first kappa shape index (κ1) is 24.2. The van der Waals surface area contributed by atoms with Crippen molar-refractivity contribution in [2.75, 3.05) is 0 Å². The summed E-state index contributed by atoms with van der Waals surface area (Å²) < 4.78 is 14.3. The van der Waals surface area contributed by atoms with E-state index in [1.54, 1.807) is 23.1 Å². The predicted molar refractivity (Wildman–Crippen MR) is 129 cm³/mol. The molecule has 1 unspecified atom stereocenters. The number of carbonyl (C=O) groups is 2. The summed E-state index contributed by atoms with van der Waals surface area (Å²) in [6.45, 7) is 6.04. The van der Waals surface area contributed by atoms with Crippen molar-refractivity contribution < 1.29 is 14.0 Å². The van der Waals surface area contributed by atoms with E-state index in [1.165, 1.54) is 6.07 Å². The second kappa shape index (κ2) is 11.4. The Hall–Kier alpha value is -3.47. The zero-order chi connectivity index (χ0) is 23.8. The number of amides is 2. The molecule has 0 heterocycles. The fourth-order valence-electron chi connectivity index (χ4n) is 3.73. The zero-order valence-corrected chi connectivity index (χ0v) is 19.4. The van der Waals surface area contributed by atoms with Crippen molar-refractivity contribution in [1.82, 2.24) is 10.2 Å². The topological polar surface area (TPSA) is 49.4 Å². The van der Waals surface area contributed by atoms with E-state index in [0.29, 0.717) is 12.0 Å². The van der Waals surface area contributed by atoms with Crippen molar-refractivity contribution in [1.29, 1.82) is 0 Å². The molecule has 0 saturated heterocycles. The third-order valence-corrected chi connectivity index (χ3v) is 5.48. The van der Waals surface area contributed by atoms with Crippen molar-refractivity contribution in [3.8, 4) is 0 Å². The molecule has 2 amide bonds. The Morgan fingerprint density at radius 2 is 1.52 bits per heavy atom. The van der Waals surface area contributed by atoms with Gasteiger partial charge in [0.15, 0.2) is 0 Å². The third kappa shape index (κ3) is 7.01. The number of hydrogen-bond acceptors (Lipinski definition) is 2. The maximum Gasteiger partial charge on any atom is 0.243 e.